The summed E-state index contributed by atoms with van der Waals surface area (Å²) < 4.78 is 0. The molecule has 15 heavy (non-hydrogen) atoms. The number of rotatable bonds is 2. The molecule has 1 aromatic rings. The minimum atomic E-state index is -1.11. The van der Waals surface area contributed by atoms with E-state index in [1.54, 1.807) is 0 Å². The Hall–Kier alpha value is -1.52. The summed E-state index contributed by atoms with van der Waals surface area (Å²) in [7, 11) is 0. The van der Waals surface area contributed by atoms with Crippen LogP contribution in [0.1, 0.15) is 54.1 Å². The van der Waals surface area contributed by atoms with Crippen molar-refractivity contribution in [2.24, 2.45) is 0 Å². The molecule has 1 aliphatic carbocycles. The molecule has 1 aromatic heterocycles. The Labute approximate surface area is 87.6 Å². The maximum atomic E-state index is 10.7. The molecule has 0 saturated heterocycles. The van der Waals surface area contributed by atoms with Crippen LogP contribution in [-0.2, 0) is 6.42 Å². The van der Waals surface area contributed by atoms with Crippen LogP contribution in [0.15, 0.2) is 0 Å². The van der Waals surface area contributed by atoms with Crippen molar-refractivity contribution in [3.63, 3.8) is 0 Å². The molecule has 0 radical (unpaired) electrons. The van der Waals surface area contributed by atoms with Crippen molar-refractivity contribution < 1.29 is 9.90 Å². The van der Waals surface area contributed by atoms with Gasteiger partial charge < -0.3 is 5.11 Å². The summed E-state index contributed by atoms with van der Waals surface area (Å²) in [6.07, 6.45) is 4.01. The summed E-state index contributed by atoms with van der Waals surface area (Å²) in [6.45, 7) is 2.09. The predicted octanol–water partition coefficient (Wildman–Crippen LogP) is 1.40. The number of carboxylic acids is 1. The first kappa shape index (κ1) is 10.0. The summed E-state index contributed by atoms with van der Waals surface area (Å²) in [5.41, 5.74) is 1.72. The fourth-order valence-electron chi connectivity index (χ4n) is 2.01. The summed E-state index contributed by atoms with van der Waals surface area (Å²) >= 11 is 0. The quantitative estimate of drug-likeness (QED) is 0.793. The number of hydrogen-bond donors (Lipinski definition) is 1. The Balaban J connectivity index is 2.43. The van der Waals surface area contributed by atoms with Gasteiger partial charge in [0.1, 0.15) is 0 Å². The van der Waals surface area contributed by atoms with Crippen molar-refractivity contribution in [2.45, 2.75) is 38.5 Å². The molecule has 80 valence electrons. The van der Waals surface area contributed by atoms with Crippen LogP contribution in [0.25, 0.3) is 0 Å². The highest BCUT2D eigenvalue weighted by Crippen LogP contribution is 2.30. The monoisotopic (exact) mass is 207 g/mol. The minimum absolute atomic E-state index is 0.186. The number of nitrogens with zero attached hydrogens (tertiary/aromatic N) is 3. The first-order chi connectivity index (χ1) is 7.22. The van der Waals surface area contributed by atoms with Crippen molar-refractivity contribution in [3.8, 4) is 0 Å². The van der Waals surface area contributed by atoms with E-state index in [9.17, 15) is 4.79 Å². The van der Waals surface area contributed by atoms with E-state index in [-0.39, 0.29) is 5.82 Å². The lowest BCUT2D eigenvalue weighted by atomic mass is 9.88. The molecule has 1 aliphatic rings. The molecule has 1 N–H and O–H groups in total. The lowest BCUT2D eigenvalue weighted by molar-refractivity contribution is 0.0681. The van der Waals surface area contributed by atoms with E-state index in [0.717, 1.165) is 37.1 Å². The zero-order valence-electron chi connectivity index (χ0n) is 8.60. The van der Waals surface area contributed by atoms with Gasteiger partial charge in [0, 0.05) is 5.92 Å². The van der Waals surface area contributed by atoms with Crippen LogP contribution in [-0.4, -0.2) is 26.3 Å². The number of aryl methyl sites for hydroxylation is 1. The number of aromatic nitrogens is 3. The van der Waals surface area contributed by atoms with Crippen LogP contribution in [0.3, 0.4) is 0 Å². The van der Waals surface area contributed by atoms with Gasteiger partial charge in [0.15, 0.2) is 0 Å². The lowest BCUT2D eigenvalue weighted by Gasteiger charge is -2.21. The first-order valence-corrected chi connectivity index (χ1v) is 5.19. The molecule has 2 rings (SSSR count). The molecule has 0 aliphatic heterocycles. The highest BCUT2D eigenvalue weighted by Gasteiger charge is 2.23. The third-order valence-corrected chi connectivity index (χ3v) is 2.82. The van der Waals surface area contributed by atoms with Crippen LogP contribution >= 0.6 is 0 Å². The van der Waals surface area contributed by atoms with Crippen LogP contribution in [0.2, 0.25) is 0 Å². The van der Waals surface area contributed by atoms with Crippen molar-refractivity contribution in [1.82, 2.24) is 15.2 Å². The highest BCUT2D eigenvalue weighted by atomic mass is 16.4. The van der Waals surface area contributed by atoms with Crippen molar-refractivity contribution >= 4 is 5.97 Å². The highest BCUT2D eigenvalue weighted by molar-refractivity contribution is 5.82. The molecule has 0 bridgehead atoms. The summed E-state index contributed by atoms with van der Waals surface area (Å²) in [4.78, 5) is 14.8. The SMILES string of the molecule is CCC1CCCc2nnc(C(=O)O)nc21. The number of carbonyl (C=O) groups is 1. The molecule has 0 fully saturated rings. The van der Waals surface area contributed by atoms with E-state index in [1.165, 1.54) is 0 Å². The van der Waals surface area contributed by atoms with Gasteiger partial charge in [-0.3, -0.25) is 0 Å². The standard InChI is InChI=1S/C10H13N3O2/c1-2-6-4-3-5-7-8(6)11-9(10(14)15)13-12-7/h6H,2-5H2,1H3,(H,14,15). The molecular weight excluding hydrogens is 194 g/mol. The summed E-state index contributed by atoms with van der Waals surface area (Å²) in [5.74, 6) is -0.942. The molecule has 1 heterocycles. The van der Waals surface area contributed by atoms with Crippen LogP contribution in [0, 0.1) is 0 Å². The van der Waals surface area contributed by atoms with Gasteiger partial charge in [-0.05, 0) is 25.7 Å². The zero-order valence-corrected chi connectivity index (χ0v) is 8.60. The second-order valence-electron chi connectivity index (χ2n) is 3.77. The summed E-state index contributed by atoms with van der Waals surface area (Å²) in [5, 5.41) is 16.3. The fourth-order valence-corrected chi connectivity index (χ4v) is 2.01. The molecule has 0 aromatic carbocycles. The van der Waals surface area contributed by atoms with E-state index < -0.39 is 5.97 Å². The first-order valence-electron chi connectivity index (χ1n) is 5.19. The third-order valence-electron chi connectivity index (χ3n) is 2.82. The van der Waals surface area contributed by atoms with Gasteiger partial charge in [-0.1, -0.05) is 6.92 Å². The fraction of sp³-hybridized carbons (Fsp3) is 0.600. The second kappa shape index (κ2) is 3.92. The number of aromatic carboxylic acids is 1. The van der Waals surface area contributed by atoms with Crippen LogP contribution in [0.4, 0.5) is 0 Å². The Morgan fingerprint density at radius 3 is 3.00 bits per heavy atom. The molecular formula is C10H13N3O2. The van der Waals surface area contributed by atoms with Gasteiger partial charge in [0.2, 0.25) is 0 Å². The molecule has 1 atom stereocenters. The van der Waals surface area contributed by atoms with Gasteiger partial charge >= 0.3 is 5.97 Å². The molecule has 5 nitrogen and oxygen atoms in total. The molecule has 0 spiro atoms. The maximum Gasteiger partial charge on any atom is 0.375 e. The zero-order chi connectivity index (χ0) is 10.8. The lowest BCUT2D eigenvalue weighted by Crippen LogP contribution is -2.18. The Kier molecular flexibility index (Phi) is 2.62. The number of carboxylic acid groups (broad SMARTS) is 1. The third kappa shape index (κ3) is 1.82. The molecule has 0 amide bonds. The van der Waals surface area contributed by atoms with Gasteiger partial charge in [0.25, 0.3) is 5.82 Å². The Morgan fingerprint density at radius 1 is 1.53 bits per heavy atom. The molecule has 1 unspecified atom stereocenters. The van der Waals surface area contributed by atoms with E-state index in [0.29, 0.717) is 5.92 Å². The minimum Gasteiger partial charge on any atom is -0.475 e. The van der Waals surface area contributed by atoms with E-state index in [1.807, 2.05) is 0 Å². The predicted molar refractivity (Wildman–Crippen MR) is 52.8 cm³/mol. The van der Waals surface area contributed by atoms with Crippen molar-refractivity contribution in [2.75, 3.05) is 0 Å². The average Bonchev–Trinajstić information content (AvgIpc) is 2.27. The van der Waals surface area contributed by atoms with Gasteiger partial charge in [0.05, 0.1) is 11.4 Å². The van der Waals surface area contributed by atoms with E-state index in [2.05, 4.69) is 22.1 Å². The van der Waals surface area contributed by atoms with Gasteiger partial charge in [-0.15, -0.1) is 5.10 Å². The normalized spacial score (nSPS) is 19.7. The second-order valence-corrected chi connectivity index (χ2v) is 3.77. The van der Waals surface area contributed by atoms with Crippen LogP contribution in [0.5, 0.6) is 0 Å². The Morgan fingerprint density at radius 2 is 2.33 bits per heavy atom. The summed E-state index contributed by atoms with van der Waals surface area (Å²) in [6, 6.07) is 0. The van der Waals surface area contributed by atoms with Gasteiger partial charge in [-0.25, -0.2) is 9.78 Å². The number of hydrogen-bond acceptors (Lipinski definition) is 4. The smallest absolute Gasteiger partial charge is 0.375 e. The average molecular weight is 207 g/mol. The van der Waals surface area contributed by atoms with Gasteiger partial charge in [-0.2, -0.15) is 5.10 Å². The largest absolute Gasteiger partial charge is 0.475 e. The molecule has 0 saturated carbocycles. The Bertz CT molecular complexity index is 392. The van der Waals surface area contributed by atoms with Crippen molar-refractivity contribution in [1.29, 1.82) is 0 Å². The van der Waals surface area contributed by atoms with Crippen molar-refractivity contribution in [3.05, 3.63) is 17.2 Å². The number of fused-ring (bicyclic) bond motifs is 1. The maximum absolute atomic E-state index is 10.7. The molecule has 5 heteroatoms. The van der Waals surface area contributed by atoms with E-state index >= 15 is 0 Å². The van der Waals surface area contributed by atoms with Crippen LogP contribution < -0.4 is 0 Å². The topological polar surface area (TPSA) is 76.0 Å². The van der Waals surface area contributed by atoms with E-state index in [4.69, 9.17) is 5.11 Å².